The zero-order valence-electron chi connectivity index (χ0n) is 28.0. The van der Waals surface area contributed by atoms with Gasteiger partial charge in [0, 0.05) is 24.0 Å². The number of rotatable bonds is 9. The predicted molar refractivity (Wildman–Crippen MR) is 183 cm³/mol. The molecule has 1 atom stereocenters. The summed E-state index contributed by atoms with van der Waals surface area (Å²) in [5, 5.41) is 4.31. The maximum atomic E-state index is 14.1. The zero-order valence-corrected chi connectivity index (χ0v) is 29.0. The van der Waals surface area contributed by atoms with Crippen molar-refractivity contribution in [3.8, 4) is 5.75 Å². The second kappa shape index (κ2) is 13.7. The van der Waals surface area contributed by atoms with Crippen LogP contribution in [0.5, 0.6) is 5.75 Å². The van der Waals surface area contributed by atoms with Crippen LogP contribution in [0.3, 0.4) is 0 Å². The molecule has 3 aromatic carbocycles. The molecule has 5 rings (SSSR count). The van der Waals surface area contributed by atoms with Gasteiger partial charge < -0.3 is 19.4 Å². The first-order chi connectivity index (χ1) is 22.2. The number of nitrogens with one attached hydrogen (secondary N) is 1. The van der Waals surface area contributed by atoms with Gasteiger partial charge in [-0.25, -0.2) is 4.98 Å². The number of aromatic nitrogens is 1. The van der Waals surface area contributed by atoms with Crippen molar-refractivity contribution in [2.24, 2.45) is 0 Å². The number of nitrogens with zero attached hydrogens (tertiary/aromatic N) is 2. The number of methoxy groups -OCH3 is 1. The molecule has 4 aromatic rings. The maximum absolute atomic E-state index is 14.1. The Morgan fingerprint density at radius 3 is 2.32 bits per heavy atom. The summed E-state index contributed by atoms with van der Waals surface area (Å²) in [4.78, 5) is 20.8. The normalized spacial score (nSPS) is 15.9. The molecule has 0 spiro atoms. The van der Waals surface area contributed by atoms with E-state index in [1.54, 1.807) is 18.1 Å². The number of anilines is 1. The van der Waals surface area contributed by atoms with E-state index in [2.05, 4.69) is 39.2 Å². The van der Waals surface area contributed by atoms with Gasteiger partial charge in [-0.05, 0) is 103 Å². The lowest BCUT2D eigenvalue weighted by atomic mass is 9.93. The number of halogens is 3. The lowest BCUT2D eigenvalue weighted by molar-refractivity contribution is -0.137. The molecule has 1 N–H and O–H groups in total. The summed E-state index contributed by atoms with van der Waals surface area (Å²) in [6, 6.07) is 20.3. The Hall–Kier alpha value is -3.89. The van der Waals surface area contributed by atoms with Gasteiger partial charge in [0.15, 0.2) is 8.32 Å². The fourth-order valence-electron chi connectivity index (χ4n) is 5.63. The van der Waals surface area contributed by atoms with E-state index in [4.69, 9.17) is 14.1 Å². The topological polar surface area (TPSA) is 63.7 Å². The first-order valence-corrected chi connectivity index (χ1v) is 19.0. The summed E-state index contributed by atoms with van der Waals surface area (Å²) in [6.07, 6.45) is -1.97. The number of hydrogen-bond donors (Lipinski definition) is 1. The number of ether oxygens (including phenoxy) is 1. The van der Waals surface area contributed by atoms with Crippen molar-refractivity contribution < 1.29 is 27.1 Å². The highest BCUT2D eigenvalue weighted by Crippen LogP contribution is 2.38. The fraction of sp³-hybridized carbons (Fsp3) is 0.405. The third-order valence-electron chi connectivity index (χ3n) is 9.56. The van der Waals surface area contributed by atoms with Crippen LogP contribution in [0.25, 0.3) is 10.9 Å². The zero-order chi connectivity index (χ0) is 34.0. The highest BCUT2D eigenvalue weighted by atomic mass is 28.4. The van der Waals surface area contributed by atoms with Crippen molar-refractivity contribution in [3.63, 3.8) is 0 Å². The van der Waals surface area contributed by atoms with Crippen molar-refractivity contribution in [2.75, 3.05) is 19.0 Å². The van der Waals surface area contributed by atoms with E-state index in [0.717, 1.165) is 52.8 Å². The van der Waals surface area contributed by atoms with Crippen LogP contribution in [-0.4, -0.2) is 37.8 Å². The summed E-state index contributed by atoms with van der Waals surface area (Å²) >= 11 is 0. The number of likely N-dealkylation sites (tertiary alicyclic amines) is 1. The molecular weight excluding hydrogens is 620 g/mol. The maximum Gasteiger partial charge on any atom is 0.416 e. The molecule has 1 aliphatic heterocycles. The van der Waals surface area contributed by atoms with Gasteiger partial charge in [0.25, 0.3) is 5.91 Å². The molecule has 0 saturated carbocycles. The summed E-state index contributed by atoms with van der Waals surface area (Å²) < 4.78 is 51.6. The number of carbonyl (C=O) groups excluding carboxylic acids is 1. The van der Waals surface area contributed by atoms with E-state index < -0.39 is 20.1 Å². The van der Waals surface area contributed by atoms with Crippen LogP contribution in [-0.2, 0) is 23.8 Å². The third-order valence-corrected chi connectivity index (χ3v) is 14.0. The molecule has 250 valence electrons. The quantitative estimate of drug-likeness (QED) is 0.181. The molecule has 1 unspecified atom stereocenters. The first-order valence-electron chi connectivity index (χ1n) is 16.1. The number of amides is 1. The van der Waals surface area contributed by atoms with Crippen molar-refractivity contribution in [1.82, 2.24) is 9.88 Å². The molecule has 10 heteroatoms. The number of carbonyl (C=O) groups is 1. The molecule has 0 aliphatic carbocycles. The highest BCUT2D eigenvalue weighted by molar-refractivity contribution is 6.74. The van der Waals surface area contributed by atoms with Gasteiger partial charge in [0.05, 0.1) is 30.8 Å². The molecule has 47 heavy (non-hydrogen) atoms. The molecule has 2 heterocycles. The average molecular weight is 664 g/mol. The monoisotopic (exact) mass is 663 g/mol. The lowest BCUT2D eigenvalue weighted by Crippen LogP contribution is -2.40. The van der Waals surface area contributed by atoms with Crippen LogP contribution in [0.4, 0.5) is 19.0 Å². The molecular formula is C37H44F3N3O3Si. The summed E-state index contributed by atoms with van der Waals surface area (Å²) in [5.41, 5.74) is 3.30. The second-order valence-corrected chi connectivity index (χ2v) is 18.6. The minimum atomic E-state index is -4.41. The van der Waals surface area contributed by atoms with E-state index in [-0.39, 0.29) is 17.0 Å². The SMILES string of the molecule is COc1ccc(CNc2cc(CO[Si](C)(C)C(C)(C)C)c3cc(C(=O)N4CCCCC4c4ccc(C(F)(F)F)cc4)ccc3n2)cc1. The number of piperidine rings is 1. The highest BCUT2D eigenvalue weighted by Gasteiger charge is 2.37. The second-order valence-electron chi connectivity index (χ2n) is 13.8. The Kier molecular flexibility index (Phi) is 10.0. The van der Waals surface area contributed by atoms with Gasteiger partial charge in [0.2, 0.25) is 0 Å². The molecule has 1 amide bonds. The van der Waals surface area contributed by atoms with Crippen LogP contribution in [0.1, 0.15) is 78.7 Å². The van der Waals surface area contributed by atoms with Crippen molar-refractivity contribution in [3.05, 3.63) is 101 Å². The molecule has 1 aliphatic rings. The summed E-state index contributed by atoms with van der Waals surface area (Å²) in [6.45, 7) is 12.5. The molecule has 1 saturated heterocycles. The van der Waals surface area contributed by atoms with E-state index >= 15 is 0 Å². The number of hydrogen-bond acceptors (Lipinski definition) is 5. The van der Waals surface area contributed by atoms with E-state index in [1.165, 1.54) is 12.1 Å². The lowest BCUT2D eigenvalue weighted by Gasteiger charge is -2.36. The number of alkyl halides is 3. The fourth-order valence-corrected chi connectivity index (χ4v) is 6.58. The van der Waals surface area contributed by atoms with Crippen LogP contribution in [0.15, 0.2) is 72.8 Å². The number of benzene rings is 3. The van der Waals surface area contributed by atoms with E-state index in [0.29, 0.717) is 43.1 Å². The van der Waals surface area contributed by atoms with Crippen molar-refractivity contribution in [2.45, 2.75) is 83.5 Å². The Morgan fingerprint density at radius 1 is 0.979 bits per heavy atom. The van der Waals surface area contributed by atoms with Crippen molar-refractivity contribution in [1.29, 1.82) is 0 Å². The van der Waals surface area contributed by atoms with Gasteiger partial charge in [-0.3, -0.25) is 4.79 Å². The standard InChI is InChI=1S/C37H44F3N3O3Si/c1-36(2,3)47(5,6)46-24-28-22-34(41-23-25-10-17-30(45-4)18-11-25)42-32-19-14-27(21-31(28)32)35(44)43-20-8-7-9-33(43)26-12-15-29(16-13-26)37(38,39)40/h10-19,21-22,33H,7-9,20,23-24H2,1-6H3,(H,41,42). The first kappa shape index (κ1) is 34.4. The predicted octanol–water partition coefficient (Wildman–Crippen LogP) is 9.76. The molecule has 0 radical (unpaired) electrons. The number of fused-ring (bicyclic) bond motifs is 1. The van der Waals surface area contributed by atoms with Gasteiger partial charge in [-0.2, -0.15) is 13.2 Å². The molecule has 6 nitrogen and oxygen atoms in total. The van der Waals surface area contributed by atoms with Crippen molar-refractivity contribution >= 4 is 30.9 Å². The van der Waals surface area contributed by atoms with Gasteiger partial charge in [-0.15, -0.1) is 0 Å². The van der Waals surface area contributed by atoms with Gasteiger partial charge in [-0.1, -0.05) is 45.0 Å². The summed E-state index contributed by atoms with van der Waals surface area (Å²) in [5.74, 6) is 1.36. The smallest absolute Gasteiger partial charge is 0.416 e. The molecule has 1 fully saturated rings. The average Bonchev–Trinajstić information content (AvgIpc) is 3.05. The third kappa shape index (κ3) is 7.98. The van der Waals surface area contributed by atoms with Crippen LogP contribution >= 0.6 is 0 Å². The number of pyridine rings is 1. The Bertz CT molecular complexity index is 1700. The minimum Gasteiger partial charge on any atom is -0.497 e. The summed E-state index contributed by atoms with van der Waals surface area (Å²) in [7, 11) is -0.454. The minimum absolute atomic E-state index is 0.0218. The van der Waals surface area contributed by atoms with Crippen LogP contribution < -0.4 is 10.1 Å². The van der Waals surface area contributed by atoms with E-state index in [1.807, 2.05) is 42.5 Å². The van der Waals surface area contributed by atoms with Gasteiger partial charge in [0.1, 0.15) is 11.6 Å². The van der Waals surface area contributed by atoms with E-state index in [9.17, 15) is 18.0 Å². The Labute approximate surface area is 276 Å². The van der Waals surface area contributed by atoms with Gasteiger partial charge >= 0.3 is 6.18 Å². The molecule has 0 bridgehead atoms. The molecule has 1 aromatic heterocycles. The Morgan fingerprint density at radius 2 is 1.68 bits per heavy atom. The van der Waals surface area contributed by atoms with Crippen LogP contribution in [0.2, 0.25) is 18.1 Å². The largest absolute Gasteiger partial charge is 0.497 e. The Balaban J connectivity index is 1.45. The van der Waals surface area contributed by atoms with Crippen LogP contribution in [0, 0.1) is 0 Å².